The number of piperidine rings is 1. The molecule has 1 aliphatic heterocycles. The van der Waals surface area contributed by atoms with Crippen molar-refractivity contribution in [2.45, 2.75) is 38.6 Å². The fraction of sp³-hybridized carbons (Fsp3) is 0.833. The fourth-order valence-electron chi connectivity index (χ4n) is 2.06. The number of nitrogens with zero attached hydrogens (tertiary/aromatic N) is 1. The van der Waals surface area contributed by atoms with Gasteiger partial charge in [0.1, 0.15) is 0 Å². The van der Waals surface area contributed by atoms with Gasteiger partial charge in [0, 0.05) is 26.1 Å². The maximum atomic E-state index is 12.1. The van der Waals surface area contributed by atoms with Gasteiger partial charge in [-0.25, -0.2) is 0 Å². The van der Waals surface area contributed by atoms with Crippen LogP contribution < -0.4 is 11.1 Å². The van der Waals surface area contributed by atoms with Crippen LogP contribution in [0.1, 0.15) is 33.1 Å². The van der Waals surface area contributed by atoms with E-state index in [-0.39, 0.29) is 17.7 Å². The fourth-order valence-corrected chi connectivity index (χ4v) is 2.06. The van der Waals surface area contributed by atoms with Crippen LogP contribution in [0.3, 0.4) is 0 Å². The third kappa shape index (κ3) is 3.19. The van der Waals surface area contributed by atoms with Crippen molar-refractivity contribution < 1.29 is 9.59 Å². The van der Waals surface area contributed by atoms with Gasteiger partial charge >= 0.3 is 0 Å². The van der Waals surface area contributed by atoms with Crippen LogP contribution in [0.2, 0.25) is 0 Å². The Balaban J connectivity index is 2.52. The van der Waals surface area contributed by atoms with Crippen LogP contribution in [-0.4, -0.2) is 42.4 Å². The number of carbonyl (C=O) groups is 2. The summed E-state index contributed by atoms with van der Waals surface area (Å²) in [5.74, 6) is 0.105. The van der Waals surface area contributed by atoms with Crippen LogP contribution in [0.4, 0.5) is 0 Å². The van der Waals surface area contributed by atoms with E-state index < -0.39 is 5.54 Å². The van der Waals surface area contributed by atoms with Crippen LogP contribution in [0.25, 0.3) is 0 Å². The molecular weight excluding hydrogens is 218 g/mol. The summed E-state index contributed by atoms with van der Waals surface area (Å²) >= 11 is 0. The summed E-state index contributed by atoms with van der Waals surface area (Å²) < 4.78 is 0. The van der Waals surface area contributed by atoms with E-state index in [0.29, 0.717) is 19.5 Å². The summed E-state index contributed by atoms with van der Waals surface area (Å²) in [5.41, 5.74) is 5.16. The molecule has 1 fully saturated rings. The van der Waals surface area contributed by atoms with Gasteiger partial charge in [0.2, 0.25) is 11.8 Å². The van der Waals surface area contributed by atoms with Crippen molar-refractivity contribution in [2.75, 3.05) is 20.1 Å². The molecule has 0 bridgehead atoms. The molecule has 0 spiro atoms. The Hall–Kier alpha value is -1.10. The number of likely N-dealkylation sites (tertiary alicyclic amines) is 1. The Bertz CT molecular complexity index is 294. The molecule has 5 heteroatoms. The van der Waals surface area contributed by atoms with Crippen LogP contribution in [-0.2, 0) is 9.59 Å². The molecule has 1 atom stereocenters. The minimum atomic E-state index is -0.778. The molecule has 1 aliphatic rings. The quantitative estimate of drug-likeness (QED) is 0.735. The lowest BCUT2D eigenvalue weighted by molar-refractivity contribution is -0.139. The lowest BCUT2D eigenvalue weighted by Crippen LogP contribution is -2.55. The summed E-state index contributed by atoms with van der Waals surface area (Å²) in [6.45, 7) is 4.93. The third-order valence-corrected chi connectivity index (χ3v) is 3.62. The number of nitrogens with one attached hydrogen (secondary N) is 1. The molecule has 1 unspecified atom stereocenters. The summed E-state index contributed by atoms with van der Waals surface area (Å²) in [4.78, 5) is 25.3. The van der Waals surface area contributed by atoms with E-state index in [4.69, 9.17) is 5.73 Å². The molecule has 0 aromatic heterocycles. The Kier molecular flexibility index (Phi) is 4.51. The zero-order valence-corrected chi connectivity index (χ0v) is 11.0. The topological polar surface area (TPSA) is 75.4 Å². The highest BCUT2D eigenvalue weighted by atomic mass is 16.2. The highest BCUT2D eigenvalue weighted by molar-refractivity contribution is 5.86. The van der Waals surface area contributed by atoms with Gasteiger partial charge in [-0.1, -0.05) is 6.92 Å². The first-order valence-electron chi connectivity index (χ1n) is 6.22. The third-order valence-electron chi connectivity index (χ3n) is 3.62. The standard InChI is InChI=1S/C12H23N3O2/c1-4-12(2,13)11(17)15-7-5-9(6-8-15)10(16)14-3/h9H,4-8,13H2,1-3H3,(H,14,16). The Morgan fingerprint density at radius 2 is 1.94 bits per heavy atom. The molecular formula is C12H23N3O2. The molecule has 0 aliphatic carbocycles. The summed E-state index contributed by atoms with van der Waals surface area (Å²) in [6.07, 6.45) is 2.08. The molecule has 0 aromatic rings. The predicted molar refractivity (Wildman–Crippen MR) is 66.3 cm³/mol. The average molecular weight is 241 g/mol. The normalized spacial score (nSPS) is 20.8. The van der Waals surface area contributed by atoms with Crippen molar-refractivity contribution in [3.63, 3.8) is 0 Å². The summed E-state index contributed by atoms with van der Waals surface area (Å²) in [7, 11) is 1.65. The van der Waals surface area contributed by atoms with E-state index >= 15 is 0 Å². The molecule has 5 nitrogen and oxygen atoms in total. The lowest BCUT2D eigenvalue weighted by atomic mass is 9.92. The lowest BCUT2D eigenvalue weighted by Gasteiger charge is -2.36. The van der Waals surface area contributed by atoms with Crippen molar-refractivity contribution in [3.8, 4) is 0 Å². The molecule has 2 amide bonds. The van der Waals surface area contributed by atoms with Gasteiger partial charge in [0.05, 0.1) is 5.54 Å². The minimum Gasteiger partial charge on any atom is -0.359 e. The number of hydrogen-bond donors (Lipinski definition) is 2. The van der Waals surface area contributed by atoms with Gasteiger partial charge < -0.3 is 16.0 Å². The Morgan fingerprint density at radius 1 is 1.41 bits per heavy atom. The second-order valence-corrected chi connectivity index (χ2v) is 4.95. The van der Waals surface area contributed by atoms with E-state index in [1.54, 1.807) is 18.9 Å². The molecule has 0 aromatic carbocycles. The largest absolute Gasteiger partial charge is 0.359 e. The zero-order chi connectivity index (χ0) is 13.1. The maximum absolute atomic E-state index is 12.1. The van der Waals surface area contributed by atoms with Crippen LogP contribution in [0.5, 0.6) is 0 Å². The second-order valence-electron chi connectivity index (χ2n) is 4.95. The molecule has 1 heterocycles. The Morgan fingerprint density at radius 3 is 2.35 bits per heavy atom. The molecule has 0 saturated carbocycles. The highest BCUT2D eigenvalue weighted by Crippen LogP contribution is 2.20. The molecule has 1 rings (SSSR count). The predicted octanol–water partition coefficient (Wildman–Crippen LogP) is 0.0984. The van der Waals surface area contributed by atoms with Crippen LogP contribution in [0.15, 0.2) is 0 Å². The number of hydrogen-bond acceptors (Lipinski definition) is 3. The van der Waals surface area contributed by atoms with Crippen molar-refractivity contribution in [3.05, 3.63) is 0 Å². The van der Waals surface area contributed by atoms with E-state index in [1.165, 1.54) is 0 Å². The van der Waals surface area contributed by atoms with Gasteiger partial charge in [-0.05, 0) is 26.2 Å². The maximum Gasteiger partial charge on any atom is 0.242 e. The number of amides is 2. The van der Waals surface area contributed by atoms with Gasteiger partial charge in [-0.15, -0.1) is 0 Å². The monoisotopic (exact) mass is 241 g/mol. The van der Waals surface area contributed by atoms with E-state index in [1.807, 2.05) is 6.92 Å². The van der Waals surface area contributed by atoms with Gasteiger partial charge in [0.25, 0.3) is 0 Å². The second kappa shape index (κ2) is 5.49. The highest BCUT2D eigenvalue weighted by Gasteiger charge is 2.34. The van der Waals surface area contributed by atoms with E-state index in [9.17, 15) is 9.59 Å². The number of carbonyl (C=O) groups excluding carboxylic acids is 2. The number of rotatable bonds is 3. The van der Waals surface area contributed by atoms with Crippen molar-refractivity contribution in [2.24, 2.45) is 11.7 Å². The minimum absolute atomic E-state index is 0.00430. The SMILES string of the molecule is CCC(C)(N)C(=O)N1CCC(C(=O)NC)CC1. The summed E-state index contributed by atoms with van der Waals surface area (Å²) in [6, 6.07) is 0. The van der Waals surface area contributed by atoms with E-state index in [2.05, 4.69) is 5.32 Å². The molecule has 17 heavy (non-hydrogen) atoms. The van der Waals surface area contributed by atoms with Crippen molar-refractivity contribution in [1.29, 1.82) is 0 Å². The summed E-state index contributed by atoms with van der Waals surface area (Å²) in [5, 5.41) is 2.65. The molecule has 1 saturated heterocycles. The average Bonchev–Trinajstić information content (AvgIpc) is 2.37. The zero-order valence-electron chi connectivity index (χ0n) is 11.0. The van der Waals surface area contributed by atoms with Gasteiger partial charge in [-0.2, -0.15) is 0 Å². The molecule has 0 radical (unpaired) electrons. The first kappa shape index (κ1) is 14.0. The smallest absolute Gasteiger partial charge is 0.242 e. The first-order valence-corrected chi connectivity index (χ1v) is 6.22. The Labute approximate surface area is 103 Å². The molecule has 98 valence electrons. The number of nitrogens with two attached hydrogens (primary N) is 1. The van der Waals surface area contributed by atoms with Gasteiger partial charge in [-0.3, -0.25) is 9.59 Å². The van der Waals surface area contributed by atoms with Crippen LogP contribution in [0, 0.1) is 5.92 Å². The van der Waals surface area contributed by atoms with Gasteiger partial charge in [0.15, 0.2) is 0 Å². The van der Waals surface area contributed by atoms with Crippen molar-refractivity contribution in [1.82, 2.24) is 10.2 Å². The van der Waals surface area contributed by atoms with Crippen molar-refractivity contribution >= 4 is 11.8 Å². The van der Waals surface area contributed by atoms with Crippen LogP contribution >= 0.6 is 0 Å². The molecule has 3 N–H and O–H groups in total. The van der Waals surface area contributed by atoms with E-state index in [0.717, 1.165) is 12.8 Å². The first-order chi connectivity index (χ1) is 7.92.